The number of carbonyl (C=O) groups excluding carboxylic acids is 1. The molecule has 0 fully saturated rings. The molecule has 0 aliphatic heterocycles. The standard InChI is InChI=1S/C20H20ClN3O/c1-2-19(16-8-10-17(21)11-9-16)23-20(25)12-15-13-22-24(14-15)18-6-4-3-5-7-18/h3-11,13-14,19H,2,12H2,1H3,(H,23,25). The van der Waals surface area contributed by atoms with Gasteiger partial charge in [0.2, 0.25) is 5.91 Å². The van der Waals surface area contributed by atoms with Crippen molar-refractivity contribution >= 4 is 17.5 Å². The summed E-state index contributed by atoms with van der Waals surface area (Å²) in [6.07, 6.45) is 4.74. The molecule has 0 radical (unpaired) electrons. The normalized spacial score (nSPS) is 11.9. The number of rotatable bonds is 6. The van der Waals surface area contributed by atoms with Crippen molar-refractivity contribution in [2.75, 3.05) is 0 Å². The lowest BCUT2D eigenvalue weighted by atomic mass is 10.0. The van der Waals surface area contributed by atoms with E-state index in [-0.39, 0.29) is 11.9 Å². The van der Waals surface area contributed by atoms with E-state index in [1.165, 1.54) is 0 Å². The van der Waals surface area contributed by atoms with Gasteiger partial charge < -0.3 is 5.32 Å². The molecule has 2 aromatic carbocycles. The first kappa shape index (κ1) is 17.2. The quantitative estimate of drug-likeness (QED) is 0.716. The van der Waals surface area contributed by atoms with E-state index in [2.05, 4.69) is 10.4 Å². The summed E-state index contributed by atoms with van der Waals surface area (Å²) in [6, 6.07) is 17.4. The van der Waals surface area contributed by atoms with E-state index in [0.29, 0.717) is 11.4 Å². The first-order valence-corrected chi connectivity index (χ1v) is 8.67. The second-order valence-corrected chi connectivity index (χ2v) is 6.32. The lowest BCUT2D eigenvalue weighted by Gasteiger charge is -2.17. The van der Waals surface area contributed by atoms with Crippen molar-refractivity contribution < 1.29 is 4.79 Å². The molecule has 0 aliphatic carbocycles. The Morgan fingerprint density at radius 3 is 2.56 bits per heavy atom. The van der Waals surface area contributed by atoms with E-state index >= 15 is 0 Å². The number of benzene rings is 2. The van der Waals surface area contributed by atoms with Crippen molar-refractivity contribution in [1.82, 2.24) is 15.1 Å². The molecule has 0 aliphatic rings. The molecule has 25 heavy (non-hydrogen) atoms. The smallest absolute Gasteiger partial charge is 0.225 e. The zero-order chi connectivity index (χ0) is 17.6. The zero-order valence-corrected chi connectivity index (χ0v) is 14.8. The number of nitrogens with one attached hydrogen (secondary N) is 1. The van der Waals surface area contributed by atoms with Crippen LogP contribution >= 0.6 is 11.6 Å². The van der Waals surface area contributed by atoms with Crippen LogP contribution in [-0.2, 0) is 11.2 Å². The van der Waals surface area contributed by atoms with Crippen LogP contribution in [0.1, 0.15) is 30.5 Å². The number of hydrogen-bond donors (Lipinski definition) is 1. The molecule has 1 amide bonds. The van der Waals surface area contributed by atoms with Crippen molar-refractivity contribution in [2.24, 2.45) is 0 Å². The summed E-state index contributed by atoms with van der Waals surface area (Å²) in [5.41, 5.74) is 2.91. The second-order valence-electron chi connectivity index (χ2n) is 5.89. The maximum Gasteiger partial charge on any atom is 0.225 e. The highest BCUT2D eigenvalue weighted by Crippen LogP contribution is 2.19. The summed E-state index contributed by atoms with van der Waals surface area (Å²) in [5, 5.41) is 8.10. The fourth-order valence-electron chi connectivity index (χ4n) is 2.72. The maximum atomic E-state index is 12.4. The van der Waals surface area contributed by atoms with E-state index in [4.69, 9.17) is 11.6 Å². The van der Waals surface area contributed by atoms with Crippen molar-refractivity contribution in [1.29, 1.82) is 0 Å². The van der Waals surface area contributed by atoms with Gasteiger partial charge in [0.05, 0.1) is 24.3 Å². The highest BCUT2D eigenvalue weighted by molar-refractivity contribution is 6.30. The lowest BCUT2D eigenvalue weighted by molar-refractivity contribution is -0.121. The van der Waals surface area contributed by atoms with Gasteiger partial charge in [-0.2, -0.15) is 5.10 Å². The number of hydrogen-bond acceptors (Lipinski definition) is 2. The van der Waals surface area contributed by atoms with E-state index in [1.54, 1.807) is 10.9 Å². The lowest BCUT2D eigenvalue weighted by Crippen LogP contribution is -2.29. The van der Waals surface area contributed by atoms with E-state index in [0.717, 1.165) is 23.2 Å². The van der Waals surface area contributed by atoms with Crippen LogP contribution in [0.15, 0.2) is 67.0 Å². The van der Waals surface area contributed by atoms with Crippen LogP contribution in [0.2, 0.25) is 5.02 Å². The molecule has 1 atom stereocenters. The summed E-state index contributed by atoms with van der Waals surface area (Å²) in [5.74, 6) is -0.0191. The Bertz CT molecular complexity index is 828. The summed E-state index contributed by atoms with van der Waals surface area (Å²) in [6.45, 7) is 2.05. The largest absolute Gasteiger partial charge is 0.349 e. The number of nitrogens with zero attached hydrogens (tertiary/aromatic N) is 2. The molecular weight excluding hydrogens is 334 g/mol. The van der Waals surface area contributed by atoms with Crippen LogP contribution < -0.4 is 5.32 Å². The second kappa shape index (κ2) is 7.99. The molecule has 0 spiro atoms. The monoisotopic (exact) mass is 353 g/mol. The molecule has 4 nitrogen and oxygen atoms in total. The van der Waals surface area contributed by atoms with Gasteiger partial charge in [-0.05, 0) is 41.8 Å². The van der Waals surface area contributed by atoms with Crippen molar-refractivity contribution in [3.05, 3.63) is 83.1 Å². The van der Waals surface area contributed by atoms with E-state index in [1.807, 2.05) is 67.7 Å². The van der Waals surface area contributed by atoms with Gasteiger partial charge in [0.25, 0.3) is 0 Å². The fourth-order valence-corrected chi connectivity index (χ4v) is 2.85. The van der Waals surface area contributed by atoms with E-state index in [9.17, 15) is 4.79 Å². The zero-order valence-electron chi connectivity index (χ0n) is 14.0. The third-order valence-corrected chi connectivity index (χ3v) is 4.29. The third-order valence-electron chi connectivity index (χ3n) is 4.04. The molecular formula is C20H20ClN3O. The third kappa shape index (κ3) is 4.48. The molecule has 1 heterocycles. The Balaban J connectivity index is 1.64. The Kier molecular flexibility index (Phi) is 5.51. The number of carbonyl (C=O) groups is 1. The van der Waals surface area contributed by atoms with Gasteiger partial charge in [0.1, 0.15) is 0 Å². The minimum absolute atomic E-state index is 0.0191. The highest BCUT2D eigenvalue weighted by atomic mass is 35.5. The SMILES string of the molecule is CCC(NC(=O)Cc1cnn(-c2ccccc2)c1)c1ccc(Cl)cc1. The number of para-hydroxylation sites is 1. The van der Waals surface area contributed by atoms with Crippen LogP contribution in [0.3, 0.4) is 0 Å². The minimum Gasteiger partial charge on any atom is -0.349 e. The predicted octanol–water partition coefficient (Wildman–Crippen LogP) is 4.34. The highest BCUT2D eigenvalue weighted by Gasteiger charge is 2.14. The van der Waals surface area contributed by atoms with Gasteiger partial charge >= 0.3 is 0 Å². The first-order valence-electron chi connectivity index (χ1n) is 8.29. The summed E-state index contributed by atoms with van der Waals surface area (Å²) < 4.78 is 1.78. The Hall–Kier alpha value is -2.59. The molecule has 5 heteroatoms. The average molecular weight is 354 g/mol. The molecule has 0 saturated heterocycles. The molecule has 3 rings (SSSR count). The predicted molar refractivity (Wildman–Crippen MR) is 99.9 cm³/mol. The van der Waals surface area contributed by atoms with Crippen LogP contribution in [0.5, 0.6) is 0 Å². The Labute approximate surface area is 152 Å². The number of halogens is 1. The molecule has 3 aromatic rings. The molecule has 0 bridgehead atoms. The Morgan fingerprint density at radius 2 is 1.88 bits per heavy atom. The van der Waals surface area contributed by atoms with Crippen LogP contribution in [0.4, 0.5) is 0 Å². The number of aromatic nitrogens is 2. The van der Waals surface area contributed by atoms with Gasteiger partial charge in [0, 0.05) is 11.2 Å². The van der Waals surface area contributed by atoms with Gasteiger partial charge in [0.15, 0.2) is 0 Å². The van der Waals surface area contributed by atoms with Crippen LogP contribution in [0, 0.1) is 0 Å². The van der Waals surface area contributed by atoms with Crippen molar-refractivity contribution in [2.45, 2.75) is 25.8 Å². The van der Waals surface area contributed by atoms with Crippen molar-refractivity contribution in [3.8, 4) is 5.69 Å². The summed E-state index contributed by atoms with van der Waals surface area (Å²) in [4.78, 5) is 12.4. The van der Waals surface area contributed by atoms with Gasteiger partial charge in [-0.1, -0.05) is 48.9 Å². The average Bonchev–Trinajstić information content (AvgIpc) is 3.10. The fraction of sp³-hybridized carbons (Fsp3) is 0.200. The maximum absolute atomic E-state index is 12.4. The van der Waals surface area contributed by atoms with E-state index < -0.39 is 0 Å². The summed E-state index contributed by atoms with van der Waals surface area (Å²) in [7, 11) is 0. The number of amides is 1. The molecule has 128 valence electrons. The first-order chi connectivity index (χ1) is 12.2. The molecule has 1 unspecified atom stereocenters. The van der Waals surface area contributed by atoms with Crippen molar-refractivity contribution in [3.63, 3.8) is 0 Å². The molecule has 1 aromatic heterocycles. The minimum atomic E-state index is -0.0195. The van der Waals surface area contributed by atoms with Gasteiger partial charge in [-0.25, -0.2) is 4.68 Å². The molecule has 0 saturated carbocycles. The van der Waals surface area contributed by atoms with Crippen LogP contribution in [0.25, 0.3) is 5.69 Å². The topological polar surface area (TPSA) is 46.9 Å². The van der Waals surface area contributed by atoms with Crippen LogP contribution in [-0.4, -0.2) is 15.7 Å². The molecule has 1 N–H and O–H groups in total. The summed E-state index contributed by atoms with van der Waals surface area (Å²) >= 11 is 5.93. The Morgan fingerprint density at radius 1 is 1.16 bits per heavy atom. The van der Waals surface area contributed by atoms with Gasteiger partial charge in [-0.3, -0.25) is 4.79 Å². The van der Waals surface area contributed by atoms with Gasteiger partial charge in [-0.15, -0.1) is 0 Å².